The first-order valence-electron chi connectivity index (χ1n) is 24.3. The zero-order valence-corrected chi connectivity index (χ0v) is 39.5. The molecular formula is C68H44N2S. The predicted octanol–water partition coefficient (Wildman–Crippen LogP) is 19.6. The molecule has 71 heavy (non-hydrogen) atoms. The van der Waals surface area contributed by atoms with Gasteiger partial charge in [0, 0.05) is 53.6 Å². The van der Waals surface area contributed by atoms with Gasteiger partial charge in [0.2, 0.25) is 0 Å². The molecule has 3 heteroatoms. The molecule has 0 fully saturated rings. The van der Waals surface area contributed by atoms with E-state index in [1.54, 1.807) is 0 Å². The van der Waals surface area contributed by atoms with Gasteiger partial charge in [-0.05, 0) is 127 Å². The number of anilines is 3. The first kappa shape index (κ1) is 41.0. The highest BCUT2D eigenvalue weighted by Crippen LogP contribution is 2.46. The molecule has 2 aromatic heterocycles. The minimum atomic E-state index is 1.07. The number of fused-ring (bicyclic) bond motifs is 8. The van der Waals surface area contributed by atoms with E-state index in [1.165, 1.54) is 108 Å². The first-order chi connectivity index (χ1) is 35.2. The van der Waals surface area contributed by atoms with E-state index in [2.05, 4.69) is 276 Å². The van der Waals surface area contributed by atoms with Crippen molar-refractivity contribution in [2.45, 2.75) is 0 Å². The van der Waals surface area contributed by atoms with Crippen molar-refractivity contribution in [1.29, 1.82) is 0 Å². The average molecular weight is 921 g/mol. The molecule has 14 rings (SSSR count). The third kappa shape index (κ3) is 6.93. The van der Waals surface area contributed by atoms with Crippen LogP contribution in [0, 0.1) is 0 Å². The highest BCUT2D eigenvalue weighted by Gasteiger charge is 2.21. The van der Waals surface area contributed by atoms with Crippen molar-refractivity contribution in [1.82, 2.24) is 4.57 Å². The third-order valence-electron chi connectivity index (χ3n) is 14.4. The predicted molar refractivity (Wildman–Crippen MR) is 305 cm³/mol. The lowest BCUT2D eigenvalue weighted by Gasteiger charge is -2.27. The molecule has 12 aromatic carbocycles. The average Bonchev–Trinajstić information content (AvgIpc) is 3.99. The van der Waals surface area contributed by atoms with Crippen molar-refractivity contribution in [3.63, 3.8) is 0 Å². The fraction of sp³-hybridized carbons (Fsp3) is 0. The molecule has 0 aliphatic carbocycles. The topological polar surface area (TPSA) is 8.17 Å². The number of thiophene rings is 1. The molecule has 0 bridgehead atoms. The Labute approximate surface area is 416 Å². The fourth-order valence-electron chi connectivity index (χ4n) is 11.1. The number of nitrogens with zero attached hydrogens (tertiary/aromatic N) is 2. The van der Waals surface area contributed by atoms with Crippen LogP contribution in [0.4, 0.5) is 17.1 Å². The van der Waals surface area contributed by atoms with Gasteiger partial charge in [-0.3, -0.25) is 0 Å². The summed E-state index contributed by atoms with van der Waals surface area (Å²) in [4.78, 5) is 2.42. The normalized spacial score (nSPS) is 11.7. The first-order valence-corrected chi connectivity index (χ1v) is 25.1. The molecule has 0 radical (unpaired) electrons. The number of hydrogen-bond donors (Lipinski definition) is 0. The van der Waals surface area contributed by atoms with Crippen molar-refractivity contribution < 1.29 is 0 Å². The van der Waals surface area contributed by atoms with Crippen molar-refractivity contribution in [2.75, 3.05) is 4.90 Å². The van der Waals surface area contributed by atoms with Crippen molar-refractivity contribution in [3.8, 4) is 50.2 Å². The largest absolute Gasteiger partial charge is 0.310 e. The molecule has 0 aliphatic rings. The summed E-state index contributed by atoms with van der Waals surface area (Å²) in [5, 5.41) is 10.1. The number of aromatic nitrogens is 1. The molecule has 0 atom stereocenters. The van der Waals surface area contributed by atoms with E-state index in [9.17, 15) is 0 Å². The van der Waals surface area contributed by atoms with Crippen LogP contribution in [-0.4, -0.2) is 4.57 Å². The van der Waals surface area contributed by atoms with E-state index in [1.807, 2.05) is 11.3 Å². The highest BCUT2D eigenvalue weighted by molar-refractivity contribution is 7.25. The van der Waals surface area contributed by atoms with Crippen LogP contribution in [0.25, 0.3) is 114 Å². The Kier molecular flexibility index (Phi) is 9.75. The van der Waals surface area contributed by atoms with Crippen LogP contribution < -0.4 is 4.90 Å². The molecule has 0 amide bonds. The van der Waals surface area contributed by atoms with Gasteiger partial charge in [0.1, 0.15) is 0 Å². The van der Waals surface area contributed by atoms with E-state index < -0.39 is 0 Å². The van der Waals surface area contributed by atoms with E-state index in [0.717, 1.165) is 22.7 Å². The maximum absolute atomic E-state index is 2.45. The quantitative estimate of drug-likeness (QED) is 0.147. The summed E-state index contributed by atoms with van der Waals surface area (Å²) in [6.45, 7) is 0. The van der Waals surface area contributed by atoms with Crippen molar-refractivity contribution in [2.24, 2.45) is 0 Å². The maximum Gasteiger partial charge on any atom is 0.0541 e. The van der Waals surface area contributed by atoms with Crippen molar-refractivity contribution >= 4 is 91.9 Å². The van der Waals surface area contributed by atoms with Crippen LogP contribution in [-0.2, 0) is 0 Å². The third-order valence-corrected chi connectivity index (χ3v) is 15.6. The Morgan fingerprint density at radius 2 is 0.732 bits per heavy atom. The molecule has 2 heterocycles. The van der Waals surface area contributed by atoms with Crippen LogP contribution in [0.5, 0.6) is 0 Å². The van der Waals surface area contributed by atoms with Gasteiger partial charge in [-0.2, -0.15) is 0 Å². The summed E-state index contributed by atoms with van der Waals surface area (Å²) >= 11 is 1.87. The van der Waals surface area contributed by atoms with E-state index in [4.69, 9.17) is 0 Å². The van der Waals surface area contributed by atoms with Gasteiger partial charge in [0.05, 0.1) is 16.7 Å². The monoisotopic (exact) mass is 920 g/mol. The summed E-state index contributed by atoms with van der Waals surface area (Å²) < 4.78 is 5.03. The molecule has 0 N–H and O–H groups in total. The summed E-state index contributed by atoms with van der Waals surface area (Å²) in [7, 11) is 0. The molecule has 332 valence electrons. The molecule has 0 unspecified atom stereocenters. The minimum absolute atomic E-state index is 1.07. The van der Waals surface area contributed by atoms with E-state index in [-0.39, 0.29) is 0 Å². The zero-order chi connectivity index (χ0) is 46.8. The van der Waals surface area contributed by atoms with Crippen LogP contribution in [0.3, 0.4) is 0 Å². The lowest BCUT2D eigenvalue weighted by atomic mass is 9.92. The second-order valence-electron chi connectivity index (χ2n) is 18.4. The Bertz CT molecular complexity index is 4160. The van der Waals surface area contributed by atoms with E-state index in [0.29, 0.717) is 0 Å². The van der Waals surface area contributed by atoms with Gasteiger partial charge in [-0.1, -0.05) is 200 Å². The van der Waals surface area contributed by atoms with Crippen LogP contribution >= 0.6 is 11.3 Å². The van der Waals surface area contributed by atoms with Crippen molar-refractivity contribution in [3.05, 3.63) is 267 Å². The van der Waals surface area contributed by atoms with Gasteiger partial charge in [-0.25, -0.2) is 0 Å². The molecular weight excluding hydrogens is 877 g/mol. The lowest BCUT2D eigenvalue weighted by molar-refractivity contribution is 1.18. The standard InChI is InChI=1S/C68H44N2S/c1-3-19-53-45(15-1)17-13-25-55(53)47-31-36-50(37-32-47)69(51-38-33-48(34-39-51)56-26-14-18-46-16-2-4-20-54(46)56)52-40-42-57(63(44-52)49-35-41-62-61-24-8-12-30-67(61)71-68(62)43-49)58-21-5-9-27-64(58)70-65-28-10-6-22-59(65)60-23-7-11-29-66(60)70/h1-44H. The fourth-order valence-corrected chi connectivity index (χ4v) is 12.2. The minimum Gasteiger partial charge on any atom is -0.310 e. The number of rotatable bonds is 8. The number of benzene rings is 12. The van der Waals surface area contributed by atoms with Gasteiger partial charge in [-0.15, -0.1) is 11.3 Å². The SMILES string of the molecule is c1ccc(-n2c3ccccc3c3ccccc32)c(-c2ccc(N(c3ccc(-c4cccc5ccccc45)cc3)c3ccc(-c4cccc5ccccc45)cc3)cc2-c2ccc3c(c2)sc2ccccc23)c1. The molecule has 0 spiro atoms. The molecule has 0 saturated heterocycles. The van der Waals surface area contributed by atoms with Gasteiger partial charge in [0.25, 0.3) is 0 Å². The summed E-state index contributed by atoms with van der Waals surface area (Å²) in [5.74, 6) is 0. The van der Waals surface area contributed by atoms with Gasteiger partial charge >= 0.3 is 0 Å². The summed E-state index contributed by atoms with van der Waals surface area (Å²) in [6.07, 6.45) is 0. The lowest BCUT2D eigenvalue weighted by Crippen LogP contribution is -2.10. The summed E-state index contributed by atoms with van der Waals surface area (Å²) in [5.41, 5.74) is 16.3. The van der Waals surface area contributed by atoms with Gasteiger partial charge < -0.3 is 9.47 Å². The summed E-state index contributed by atoms with van der Waals surface area (Å²) in [6, 6.07) is 98.2. The smallest absolute Gasteiger partial charge is 0.0541 e. The zero-order valence-electron chi connectivity index (χ0n) is 38.7. The van der Waals surface area contributed by atoms with E-state index >= 15 is 0 Å². The second-order valence-corrected chi connectivity index (χ2v) is 19.5. The number of para-hydroxylation sites is 3. The molecule has 0 aliphatic heterocycles. The Morgan fingerprint density at radius 1 is 0.268 bits per heavy atom. The second kappa shape index (κ2) is 16.9. The van der Waals surface area contributed by atoms with Gasteiger partial charge in [0.15, 0.2) is 0 Å². The molecule has 14 aromatic rings. The Hall–Kier alpha value is -9.02. The maximum atomic E-state index is 2.45. The molecule has 0 saturated carbocycles. The van der Waals surface area contributed by atoms with Crippen LogP contribution in [0.15, 0.2) is 267 Å². The molecule has 2 nitrogen and oxygen atoms in total. The van der Waals surface area contributed by atoms with Crippen LogP contribution in [0.2, 0.25) is 0 Å². The highest BCUT2D eigenvalue weighted by atomic mass is 32.1. The Balaban J connectivity index is 0.980. The van der Waals surface area contributed by atoms with Crippen LogP contribution in [0.1, 0.15) is 0 Å². The Morgan fingerprint density at radius 3 is 1.37 bits per heavy atom. The number of hydrogen-bond acceptors (Lipinski definition) is 2.